The molecule has 0 spiro atoms. The summed E-state index contributed by atoms with van der Waals surface area (Å²) in [5.74, 6) is -0.465. The lowest BCUT2D eigenvalue weighted by molar-refractivity contribution is -0.148. The van der Waals surface area contributed by atoms with E-state index in [1.807, 2.05) is 17.5 Å². The highest BCUT2D eigenvalue weighted by atomic mass is 32.1. The number of carbonyl (C=O) groups is 1. The van der Waals surface area contributed by atoms with Crippen LogP contribution in [0.3, 0.4) is 0 Å². The number of hydrogen-bond donors (Lipinski definition) is 0. The van der Waals surface area contributed by atoms with Gasteiger partial charge in [0, 0.05) is 6.07 Å². The Morgan fingerprint density at radius 2 is 2.21 bits per heavy atom. The van der Waals surface area contributed by atoms with Crippen LogP contribution in [0.2, 0.25) is 0 Å². The van der Waals surface area contributed by atoms with Crippen LogP contribution in [0, 0.1) is 0 Å². The molecule has 0 N–H and O–H groups in total. The van der Waals surface area contributed by atoms with Crippen molar-refractivity contribution in [3.05, 3.63) is 40.0 Å². The second kappa shape index (κ2) is 5.79. The van der Waals surface area contributed by atoms with Crippen LogP contribution in [-0.2, 0) is 16.1 Å². The molecule has 0 unspecified atom stereocenters. The zero-order chi connectivity index (χ0) is 13.8. The molecule has 6 heteroatoms. The van der Waals surface area contributed by atoms with Crippen LogP contribution in [-0.4, -0.2) is 21.9 Å². The summed E-state index contributed by atoms with van der Waals surface area (Å²) >= 11 is 1.53. The molecule has 19 heavy (non-hydrogen) atoms. The molecule has 0 amide bonds. The first kappa shape index (κ1) is 13.5. The van der Waals surface area contributed by atoms with Gasteiger partial charge in [-0.1, -0.05) is 6.07 Å². The highest BCUT2D eigenvalue weighted by Gasteiger charge is 2.10. The second-order valence-electron chi connectivity index (χ2n) is 4.23. The van der Waals surface area contributed by atoms with E-state index in [2.05, 4.69) is 5.10 Å². The molecule has 0 aliphatic carbocycles. The number of hydrogen-bond acceptors (Lipinski definition) is 5. The molecular formula is C13H14N2O3S. The smallest absolute Gasteiger partial charge is 0.328 e. The SMILES string of the molecule is CC(C)OC(=O)Cn1nc(-c2cccs2)ccc1=O. The normalized spacial score (nSPS) is 10.7. The Morgan fingerprint density at radius 3 is 2.84 bits per heavy atom. The van der Waals surface area contributed by atoms with Crippen molar-refractivity contribution in [2.24, 2.45) is 0 Å². The predicted octanol–water partition coefficient (Wildman–Crippen LogP) is 1.92. The van der Waals surface area contributed by atoms with Crippen LogP contribution in [0.1, 0.15) is 13.8 Å². The van der Waals surface area contributed by atoms with Crippen LogP contribution < -0.4 is 5.56 Å². The van der Waals surface area contributed by atoms with Crippen molar-refractivity contribution in [1.29, 1.82) is 0 Å². The van der Waals surface area contributed by atoms with Crippen LogP contribution in [0.15, 0.2) is 34.4 Å². The minimum Gasteiger partial charge on any atom is -0.462 e. The average molecular weight is 278 g/mol. The molecule has 2 aromatic rings. The molecule has 2 heterocycles. The molecule has 0 bridgehead atoms. The summed E-state index contributed by atoms with van der Waals surface area (Å²) in [6, 6.07) is 6.88. The molecule has 0 saturated carbocycles. The van der Waals surface area contributed by atoms with Gasteiger partial charge in [-0.3, -0.25) is 9.59 Å². The topological polar surface area (TPSA) is 61.2 Å². The number of carbonyl (C=O) groups excluding carboxylic acids is 1. The number of thiophene rings is 1. The summed E-state index contributed by atoms with van der Waals surface area (Å²) in [7, 11) is 0. The maximum absolute atomic E-state index is 11.7. The third kappa shape index (κ3) is 3.51. The summed E-state index contributed by atoms with van der Waals surface area (Å²) in [5.41, 5.74) is 0.355. The first-order valence-corrected chi connectivity index (χ1v) is 6.76. The van der Waals surface area contributed by atoms with Gasteiger partial charge in [0.25, 0.3) is 5.56 Å². The predicted molar refractivity (Wildman–Crippen MR) is 73.0 cm³/mol. The molecular weight excluding hydrogens is 264 g/mol. The van der Waals surface area contributed by atoms with Gasteiger partial charge >= 0.3 is 5.97 Å². The molecule has 2 aromatic heterocycles. The molecule has 2 rings (SSSR count). The highest BCUT2D eigenvalue weighted by Crippen LogP contribution is 2.20. The fourth-order valence-corrected chi connectivity index (χ4v) is 2.23. The summed E-state index contributed by atoms with van der Waals surface area (Å²) in [5, 5.41) is 6.11. The summed E-state index contributed by atoms with van der Waals surface area (Å²) in [4.78, 5) is 24.2. The maximum Gasteiger partial charge on any atom is 0.328 e. The molecule has 0 aromatic carbocycles. The minimum absolute atomic E-state index is 0.170. The van der Waals surface area contributed by atoms with Crippen molar-refractivity contribution in [2.45, 2.75) is 26.5 Å². The monoisotopic (exact) mass is 278 g/mol. The summed E-state index contributed by atoms with van der Waals surface area (Å²) in [6.07, 6.45) is -0.205. The van der Waals surface area contributed by atoms with Gasteiger partial charge in [-0.25, -0.2) is 4.68 Å². The van der Waals surface area contributed by atoms with Crippen LogP contribution in [0.4, 0.5) is 0 Å². The molecule has 0 radical (unpaired) electrons. The third-order valence-electron chi connectivity index (χ3n) is 2.29. The van der Waals surface area contributed by atoms with E-state index in [-0.39, 0.29) is 18.2 Å². The fourth-order valence-electron chi connectivity index (χ4n) is 1.54. The Hall–Kier alpha value is -1.95. The van der Waals surface area contributed by atoms with Crippen LogP contribution >= 0.6 is 11.3 Å². The van der Waals surface area contributed by atoms with E-state index in [9.17, 15) is 9.59 Å². The van der Waals surface area contributed by atoms with E-state index < -0.39 is 5.97 Å². The maximum atomic E-state index is 11.7. The largest absolute Gasteiger partial charge is 0.462 e. The van der Waals surface area contributed by atoms with Gasteiger partial charge < -0.3 is 4.74 Å². The molecule has 0 saturated heterocycles. The number of esters is 1. The summed E-state index contributed by atoms with van der Waals surface area (Å²) in [6.45, 7) is 3.35. The Morgan fingerprint density at radius 1 is 1.42 bits per heavy atom. The van der Waals surface area contributed by atoms with Crippen molar-refractivity contribution in [1.82, 2.24) is 9.78 Å². The third-order valence-corrected chi connectivity index (χ3v) is 3.18. The van der Waals surface area contributed by atoms with E-state index in [0.717, 1.165) is 9.56 Å². The Balaban J connectivity index is 2.23. The van der Waals surface area contributed by atoms with Gasteiger partial charge in [-0.2, -0.15) is 5.10 Å². The zero-order valence-corrected chi connectivity index (χ0v) is 11.5. The lowest BCUT2D eigenvalue weighted by atomic mass is 10.3. The van der Waals surface area contributed by atoms with E-state index in [1.54, 1.807) is 19.9 Å². The first-order valence-electron chi connectivity index (χ1n) is 5.88. The standard InChI is InChI=1S/C13H14N2O3S/c1-9(2)18-13(17)8-15-12(16)6-5-10(14-15)11-4-3-7-19-11/h3-7,9H,8H2,1-2H3. The Kier molecular flexibility index (Phi) is 4.11. The molecule has 100 valence electrons. The van der Waals surface area contributed by atoms with Crippen molar-refractivity contribution in [3.63, 3.8) is 0 Å². The van der Waals surface area contributed by atoms with E-state index in [1.165, 1.54) is 17.4 Å². The van der Waals surface area contributed by atoms with Gasteiger partial charge in [0.05, 0.1) is 11.0 Å². The lowest BCUT2D eigenvalue weighted by Gasteiger charge is -2.09. The van der Waals surface area contributed by atoms with Gasteiger partial charge in [-0.05, 0) is 31.4 Å². The number of nitrogens with zero attached hydrogens (tertiary/aromatic N) is 2. The lowest BCUT2D eigenvalue weighted by Crippen LogP contribution is -2.28. The van der Waals surface area contributed by atoms with E-state index >= 15 is 0 Å². The first-order chi connectivity index (χ1) is 9.06. The Labute approximate surface area is 114 Å². The highest BCUT2D eigenvalue weighted by molar-refractivity contribution is 7.13. The molecule has 5 nitrogen and oxygen atoms in total. The molecule has 0 aliphatic heterocycles. The molecule has 0 fully saturated rings. The quantitative estimate of drug-likeness (QED) is 0.802. The second-order valence-corrected chi connectivity index (χ2v) is 5.18. The van der Waals surface area contributed by atoms with Gasteiger partial charge in [0.15, 0.2) is 0 Å². The number of aromatic nitrogens is 2. The number of rotatable bonds is 4. The van der Waals surface area contributed by atoms with Gasteiger partial charge in [0.1, 0.15) is 12.2 Å². The average Bonchev–Trinajstić information content (AvgIpc) is 2.84. The van der Waals surface area contributed by atoms with Gasteiger partial charge in [-0.15, -0.1) is 11.3 Å². The van der Waals surface area contributed by atoms with Crippen molar-refractivity contribution in [3.8, 4) is 10.6 Å². The zero-order valence-electron chi connectivity index (χ0n) is 10.7. The van der Waals surface area contributed by atoms with E-state index in [0.29, 0.717) is 5.69 Å². The summed E-state index contributed by atoms with van der Waals surface area (Å²) < 4.78 is 6.13. The van der Waals surface area contributed by atoms with Gasteiger partial charge in [0.2, 0.25) is 0 Å². The van der Waals surface area contributed by atoms with Crippen molar-refractivity contribution < 1.29 is 9.53 Å². The fraction of sp³-hybridized carbons (Fsp3) is 0.308. The van der Waals surface area contributed by atoms with E-state index in [4.69, 9.17) is 4.74 Å². The minimum atomic E-state index is -0.465. The van der Waals surface area contributed by atoms with Crippen molar-refractivity contribution >= 4 is 17.3 Å². The number of ether oxygens (including phenoxy) is 1. The van der Waals surface area contributed by atoms with Crippen molar-refractivity contribution in [2.75, 3.05) is 0 Å². The van der Waals surface area contributed by atoms with Crippen LogP contribution in [0.5, 0.6) is 0 Å². The molecule has 0 aliphatic rings. The Bertz CT molecular complexity index is 617. The molecule has 0 atom stereocenters. The van der Waals surface area contributed by atoms with Crippen LogP contribution in [0.25, 0.3) is 10.6 Å².